The zero-order valence-corrected chi connectivity index (χ0v) is 11.3. The third-order valence-electron chi connectivity index (χ3n) is 3.10. The molecule has 19 heavy (non-hydrogen) atoms. The minimum Gasteiger partial charge on any atom is -0.480 e. The van der Waals surface area contributed by atoms with Crippen LogP contribution < -0.4 is 5.32 Å². The summed E-state index contributed by atoms with van der Waals surface area (Å²) >= 11 is 0. The van der Waals surface area contributed by atoms with Crippen LogP contribution in [0.3, 0.4) is 0 Å². The number of halogens is 1. The summed E-state index contributed by atoms with van der Waals surface area (Å²) in [4.78, 5) is 24.1. The molecule has 0 unspecified atom stereocenters. The van der Waals surface area contributed by atoms with Gasteiger partial charge in [-0.25, -0.2) is 14.0 Å². The number of carboxylic acid groups (broad SMARTS) is 1. The number of likely N-dealkylation sites (N-methyl/N-ethyl adjacent to an activating group) is 1. The smallest absolute Gasteiger partial charge is 0.329 e. The Morgan fingerprint density at radius 2 is 1.95 bits per heavy atom. The van der Waals surface area contributed by atoms with Crippen molar-refractivity contribution in [3.8, 4) is 0 Å². The first-order chi connectivity index (χ1) is 8.66. The summed E-state index contributed by atoms with van der Waals surface area (Å²) in [6.07, 6.45) is 0. The van der Waals surface area contributed by atoms with Crippen LogP contribution in [-0.2, 0) is 4.79 Å². The number of benzene rings is 1. The summed E-state index contributed by atoms with van der Waals surface area (Å²) in [7, 11) is 1.39. The zero-order chi connectivity index (χ0) is 14.8. The maximum atomic E-state index is 12.9. The van der Waals surface area contributed by atoms with E-state index < -0.39 is 23.4 Å². The second kappa shape index (κ2) is 5.26. The highest BCUT2D eigenvalue weighted by Gasteiger charge is 2.35. The highest BCUT2D eigenvalue weighted by atomic mass is 19.1. The van der Waals surface area contributed by atoms with E-state index >= 15 is 0 Å². The molecule has 0 radical (unpaired) electrons. The number of carboxylic acids is 1. The molecule has 0 saturated heterocycles. The number of carbonyl (C=O) groups excluding carboxylic acids is 1. The molecule has 0 saturated carbocycles. The highest BCUT2D eigenvalue weighted by Crippen LogP contribution is 2.18. The van der Waals surface area contributed by atoms with Gasteiger partial charge in [-0.05, 0) is 44.5 Å². The van der Waals surface area contributed by atoms with Crippen molar-refractivity contribution in [2.75, 3.05) is 12.4 Å². The minimum atomic E-state index is -1.34. The molecule has 1 rings (SSSR count). The number of nitrogens with zero attached hydrogens (tertiary/aromatic N) is 1. The first kappa shape index (κ1) is 14.9. The molecule has 1 aromatic rings. The van der Waals surface area contributed by atoms with Crippen LogP contribution in [0.1, 0.15) is 19.4 Å². The van der Waals surface area contributed by atoms with Crippen molar-refractivity contribution in [3.05, 3.63) is 29.6 Å². The average Bonchev–Trinajstić information content (AvgIpc) is 2.31. The summed E-state index contributed by atoms with van der Waals surface area (Å²) in [5.74, 6) is -1.50. The van der Waals surface area contributed by atoms with Gasteiger partial charge in [-0.3, -0.25) is 0 Å². The van der Waals surface area contributed by atoms with Gasteiger partial charge in [0.1, 0.15) is 11.4 Å². The number of aryl methyl sites for hydroxylation is 1. The molecule has 6 heteroatoms. The van der Waals surface area contributed by atoms with Gasteiger partial charge in [-0.2, -0.15) is 0 Å². The average molecular weight is 268 g/mol. The van der Waals surface area contributed by atoms with Gasteiger partial charge in [0.15, 0.2) is 0 Å². The van der Waals surface area contributed by atoms with Crippen molar-refractivity contribution < 1.29 is 19.1 Å². The highest BCUT2D eigenvalue weighted by molar-refractivity contribution is 5.93. The second-order valence-electron chi connectivity index (χ2n) is 4.81. The van der Waals surface area contributed by atoms with E-state index in [1.54, 1.807) is 6.92 Å². The van der Waals surface area contributed by atoms with E-state index in [9.17, 15) is 14.0 Å². The first-order valence-electron chi connectivity index (χ1n) is 5.70. The van der Waals surface area contributed by atoms with Crippen LogP contribution in [0.25, 0.3) is 0 Å². The summed E-state index contributed by atoms with van der Waals surface area (Å²) in [5, 5.41) is 11.6. The van der Waals surface area contributed by atoms with E-state index in [1.807, 2.05) is 0 Å². The number of carbonyl (C=O) groups is 2. The lowest BCUT2D eigenvalue weighted by Gasteiger charge is -2.31. The zero-order valence-electron chi connectivity index (χ0n) is 11.3. The minimum absolute atomic E-state index is 0.394. The molecule has 0 spiro atoms. The Morgan fingerprint density at radius 1 is 1.37 bits per heavy atom. The summed E-state index contributed by atoms with van der Waals surface area (Å²) in [6.45, 7) is 4.50. The number of anilines is 1. The number of nitrogens with one attached hydrogen (secondary N) is 1. The van der Waals surface area contributed by atoms with Gasteiger partial charge < -0.3 is 15.3 Å². The van der Waals surface area contributed by atoms with Crippen LogP contribution in [0.5, 0.6) is 0 Å². The van der Waals surface area contributed by atoms with Crippen LogP contribution in [0, 0.1) is 12.7 Å². The lowest BCUT2D eigenvalue weighted by molar-refractivity contribution is -0.146. The third kappa shape index (κ3) is 3.21. The van der Waals surface area contributed by atoms with Crippen LogP contribution in [0.15, 0.2) is 18.2 Å². The van der Waals surface area contributed by atoms with Crippen LogP contribution >= 0.6 is 0 Å². The molecule has 0 heterocycles. The van der Waals surface area contributed by atoms with Crippen molar-refractivity contribution in [1.82, 2.24) is 4.90 Å². The molecule has 2 N–H and O–H groups in total. The number of amides is 2. The Balaban J connectivity index is 2.88. The molecule has 0 fully saturated rings. The molecule has 1 aromatic carbocycles. The van der Waals surface area contributed by atoms with E-state index in [0.29, 0.717) is 11.3 Å². The van der Waals surface area contributed by atoms with Gasteiger partial charge in [-0.15, -0.1) is 0 Å². The van der Waals surface area contributed by atoms with Gasteiger partial charge in [0.2, 0.25) is 0 Å². The van der Waals surface area contributed by atoms with E-state index in [1.165, 1.54) is 39.1 Å². The number of hydrogen-bond donors (Lipinski definition) is 2. The number of hydrogen-bond acceptors (Lipinski definition) is 2. The summed E-state index contributed by atoms with van der Waals surface area (Å²) in [5.41, 5.74) is -0.327. The van der Waals surface area contributed by atoms with Gasteiger partial charge in [0.25, 0.3) is 0 Å². The van der Waals surface area contributed by atoms with Crippen LogP contribution in [-0.4, -0.2) is 34.6 Å². The maximum Gasteiger partial charge on any atom is 0.329 e. The predicted molar refractivity (Wildman–Crippen MR) is 69.6 cm³/mol. The van der Waals surface area contributed by atoms with Crippen LogP contribution in [0.4, 0.5) is 14.9 Å². The predicted octanol–water partition coefficient (Wildman–Crippen LogP) is 2.46. The molecular formula is C13H17FN2O3. The Hall–Kier alpha value is -2.11. The van der Waals surface area contributed by atoms with E-state index in [4.69, 9.17) is 5.11 Å². The largest absolute Gasteiger partial charge is 0.480 e. The van der Waals surface area contributed by atoms with E-state index in [-0.39, 0.29) is 0 Å². The quantitative estimate of drug-likeness (QED) is 0.884. The lowest BCUT2D eigenvalue weighted by Crippen LogP contribution is -2.52. The Kier molecular flexibility index (Phi) is 4.14. The van der Waals surface area contributed by atoms with Gasteiger partial charge in [0, 0.05) is 12.7 Å². The summed E-state index contributed by atoms with van der Waals surface area (Å²) < 4.78 is 12.9. The van der Waals surface area contributed by atoms with Crippen molar-refractivity contribution in [2.24, 2.45) is 0 Å². The number of aliphatic carboxylic acids is 1. The van der Waals surface area contributed by atoms with Crippen molar-refractivity contribution in [3.63, 3.8) is 0 Å². The molecule has 2 amide bonds. The summed E-state index contributed by atoms with van der Waals surface area (Å²) in [6, 6.07) is 3.38. The second-order valence-corrected chi connectivity index (χ2v) is 4.81. The lowest BCUT2D eigenvalue weighted by atomic mass is 10.0. The number of urea groups is 1. The SMILES string of the molecule is Cc1cc(F)ccc1NC(=O)N(C)C(C)(C)C(=O)O. The Bertz CT molecular complexity index is 515. The fourth-order valence-electron chi connectivity index (χ4n) is 1.36. The van der Waals surface area contributed by atoms with Crippen molar-refractivity contribution in [1.29, 1.82) is 0 Å². The standard InChI is InChI=1S/C13H17FN2O3/c1-8-7-9(14)5-6-10(8)15-12(19)16(4)13(2,3)11(17)18/h5-7H,1-4H3,(H,15,19)(H,17,18). The normalized spacial score (nSPS) is 11.0. The van der Waals surface area contributed by atoms with Gasteiger partial charge in [0.05, 0.1) is 0 Å². The molecule has 0 bridgehead atoms. The third-order valence-corrected chi connectivity index (χ3v) is 3.10. The molecule has 5 nitrogen and oxygen atoms in total. The van der Waals surface area contributed by atoms with Crippen molar-refractivity contribution in [2.45, 2.75) is 26.3 Å². The molecule has 0 aromatic heterocycles. The fraction of sp³-hybridized carbons (Fsp3) is 0.385. The fourth-order valence-corrected chi connectivity index (χ4v) is 1.36. The number of rotatable bonds is 3. The first-order valence-corrected chi connectivity index (χ1v) is 5.70. The molecule has 104 valence electrons. The monoisotopic (exact) mass is 268 g/mol. The molecule has 0 atom stereocenters. The van der Waals surface area contributed by atoms with E-state index in [2.05, 4.69) is 5.32 Å². The van der Waals surface area contributed by atoms with Gasteiger partial charge in [-0.1, -0.05) is 0 Å². The molecular weight excluding hydrogens is 251 g/mol. The topological polar surface area (TPSA) is 69.6 Å². The maximum absolute atomic E-state index is 12.9. The molecule has 0 aliphatic heterocycles. The van der Waals surface area contributed by atoms with Gasteiger partial charge >= 0.3 is 12.0 Å². The molecule has 0 aliphatic carbocycles. The Morgan fingerprint density at radius 3 is 2.42 bits per heavy atom. The Labute approximate surface area is 111 Å². The van der Waals surface area contributed by atoms with Crippen molar-refractivity contribution >= 4 is 17.7 Å². The van der Waals surface area contributed by atoms with E-state index in [0.717, 1.165) is 4.90 Å². The van der Waals surface area contributed by atoms with Crippen LogP contribution in [0.2, 0.25) is 0 Å². The molecule has 0 aliphatic rings.